The summed E-state index contributed by atoms with van der Waals surface area (Å²) in [6.07, 6.45) is 0.852. The van der Waals surface area contributed by atoms with Crippen molar-refractivity contribution in [1.29, 1.82) is 5.41 Å². The highest BCUT2D eigenvalue weighted by Crippen LogP contribution is 2.08. The summed E-state index contributed by atoms with van der Waals surface area (Å²) in [6.45, 7) is 1.99. The number of hydrogen-bond acceptors (Lipinski definition) is 4. The van der Waals surface area contributed by atoms with Crippen molar-refractivity contribution in [3.05, 3.63) is 10.0 Å². The van der Waals surface area contributed by atoms with Crippen LogP contribution in [0.25, 0.3) is 0 Å². The molecule has 3 N–H and O–H groups in total. The van der Waals surface area contributed by atoms with Crippen molar-refractivity contribution in [1.82, 2.24) is 10.2 Å². The topological polar surface area (TPSA) is 75.7 Å². The molecule has 5 heteroatoms. The number of aryl methyl sites for hydroxylation is 1. The molecule has 4 nitrogen and oxygen atoms in total. The summed E-state index contributed by atoms with van der Waals surface area (Å²) >= 11 is 1.37. The Hall–Kier alpha value is -0.970. The van der Waals surface area contributed by atoms with E-state index in [-0.39, 0.29) is 5.84 Å². The van der Waals surface area contributed by atoms with Gasteiger partial charge in [-0.1, -0.05) is 18.3 Å². The highest BCUT2D eigenvalue weighted by molar-refractivity contribution is 7.13. The SMILES string of the molecule is CCc1nnc(C(=N)N)s1. The summed E-state index contributed by atoms with van der Waals surface area (Å²) < 4.78 is 0. The molecule has 0 saturated heterocycles. The summed E-state index contributed by atoms with van der Waals surface area (Å²) in [6, 6.07) is 0. The number of aromatic nitrogens is 2. The van der Waals surface area contributed by atoms with Crippen LogP contribution in [0.1, 0.15) is 16.9 Å². The highest BCUT2D eigenvalue weighted by Gasteiger charge is 2.03. The monoisotopic (exact) mass is 156 g/mol. The molecule has 1 aromatic rings. The molecule has 0 saturated carbocycles. The molecular formula is C5H8N4S. The number of rotatable bonds is 2. The van der Waals surface area contributed by atoms with Gasteiger partial charge in [0.05, 0.1) is 0 Å². The molecule has 0 radical (unpaired) electrons. The first kappa shape index (κ1) is 7.14. The van der Waals surface area contributed by atoms with Gasteiger partial charge in [0.1, 0.15) is 5.01 Å². The number of nitrogen functional groups attached to an aromatic ring is 1. The van der Waals surface area contributed by atoms with E-state index in [9.17, 15) is 0 Å². The maximum absolute atomic E-state index is 7.01. The van der Waals surface area contributed by atoms with Crippen molar-refractivity contribution < 1.29 is 0 Å². The number of hydrogen-bond donors (Lipinski definition) is 2. The maximum Gasteiger partial charge on any atom is 0.182 e. The Morgan fingerprint density at radius 3 is 2.70 bits per heavy atom. The Labute approximate surface area is 62.6 Å². The molecule has 0 aliphatic heterocycles. The normalized spacial score (nSPS) is 9.70. The standard InChI is InChI=1S/C5H8N4S/c1-2-3-8-9-5(10-3)4(6)7/h2H2,1H3,(H3,6,7). The second kappa shape index (κ2) is 2.74. The zero-order valence-corrected chi connectivity index (χ0v) is 6.40. The molecule has 1 rings (SSSR count). The van der Waals surface area contributed by atoms with Gasteiger partial charge in [0.25, 0.3) is 0 Å². The Morgan fingerprint density at radius 2 is 2.40 bits per heavy atom. The molecular weight excluding hydrogens is 148 g/mol. The third-order valence-corrected chi connectivity index (χ3v) is 2.10. The molecule has 0 spiro atoms. The van der Waals surface area contributed by atoms with E-state index in [0.29, 0.717) is 5.01 Å². The first-order chi connectivity index (χ1) is 4.74. The number of nitrogens with two attached hydrogens (primary N) is 1. The molecule has 0 aliphatic carbocycles. The zero-order chi connectivity index (χ0) is 7.56. The minimum absolute atomic E-state index is 0.00259. The molecule has 0 atom stereocenters. The Balaban J connectivity index is 2.88. The van der Waals surface area contributed by atoms with E-state index in [1.165, 1.54) is 11.3 Å². The van der Waals surface area contributed by atoms with E-state index in [2.05, 4.69) is 10.2 Å². The van der Waals surface area contributed by atoms with E-state index in [4.69, 9.17) is 11.1 Å². The van der Waals surface area contributed by atoms with Crippen molar-refractivity contribution in [2.75, 3.05) is 0 Å². The molecule has 1 heterocycles. The quantitative estimate of drug-likeness (QED) is 0.480. The van der Waals surface area contributed by atoms with Gasteiger partial charge in [-0.25, -0.2) is 0 Å². The van der Waals surface area contributed by atoms with Crippen LogP contribution >= 0.6 is 11.3 Å². The summed E-state index contributed by atoms with van der Waals surface area (Å²) in [4.78, 5) is 0. The smallest absolute Gasteiger partial charge is 0.182 e. The van der Waals surface area contributed by atoms with Crippen molar-refractivity contribution >= 4 is 17.2 Å². The van der Waals surface area contributed by atoms with Crippen LogP contribution in [0.3, 0.4) is 0 Å². The number of amidine groups is 1. The van der Waals surface area contributed by atoms with Crippen LogP contribution in [0.15, 0.2) is 0 Å². The Kier molecular flexibility index (Phi) is 1.96. The van der Waals surface area contributed by atoms with Gasteiger partial charge in [-0.2, -0.15) is 0 Å². The molecule has 0 fully saturated rings. The van der Waals surface area contributed by atoms with Gasteiger partial charge in [-0.05, 0) is 6.42 Å². The maximum atomic E-state index is 7.01. The molecule has 1 aromatic heterocycles. The largest absolute Gasteiger partial charge is 0.382 e. The lowest BCUT2D eigenvalue weighted by Gasteiger charge is -1.83. The lowest BCUT2D eigenvalue weighted by Crippen LogP contribution is -2.10. The van der Waals surface area contributed by atoms with Gasteiger partial charge >= 0.3 is 0 Å². The third-order valence-electron chi connectivity index (χ3n) is 1.000. The van der Waals surface area contributed by atoms with E-state index in [1.807, 2.05) is 6.92 Å². The number of nitrogens with one attached hydrogen (secondary N) is 1. The molecule has 10 heavy (non-hydrogen) atoms. The zero-order valence-electron chi connectivity index (χ0n) is 5.59. The fraction of sp³-hybridized carbons (Fsp3) is 0.400. The minimum Gasteiger partial charge on any atom is -0.382 e. The van der Waals surface area contributed by atoms with Crippen molar-refractivity contribution in [2.24, 2.45) is 5.73 Å². The van der Waals surface area contributed by atoms with Gasteiger partial charge in [0.2, 0.25) is 0 Å². The van der Waals surface area contributed by atoms with Crippen molar-refractivity contribution in [3.63, 3.8) is 0 Å². The van der Waals surface area contributed by atoms with Crippen LogP contribution in [-0.2, 0) is 6.42 Å². The highest BCUT2D eigenvalue weighted by atomic mass is 32.1. The minimum atomic E-state index is -0.00259. The average molecular weight is 156 g/mol. The van der Waals surface area contributed by atoms with Crippen LogP contribution in [0, 0.1) is 5.41 Å². The predicted molar refractivity (Wildman–Crippen MR) is 40.3 cm³/mol. The lowest BCUT2D eigenvalue weighted by molar-refractivity contribution is 0.977. The van der Waals surface area contributed by atoms with E-state index in [1.54, 1.807) is 0 Å². The first-order valence-corrected chi connectivity index (χ1v) is 3.72. The number of nitrogens with zero attached hydrogens (tertiary/aromatic N) is 2. The van der Waals surface area contributed by atoms with E-state index >= 15 is 0 Å². The predicted octanol–water partition coefficient (Wildman–Crippen LogP) is 0.385. The summed E-state index contributed by atoms with van der Waals surface area (Å²) in [7, 11) is 0. The second-order valence-electron chi connectivity index (χ2n) is 1.77. The molecule has 0 unspecified atom stereocenters. The lowest BCUT2D eigenvalue weighted by atomic mass is 10.5. The molecule has 0 aliphatic rings. The van der Waals surface area contributed by atoms with Gasteiger partial charge in [0, 0.05) is 0 Å². The molecule has 0 amide bonds. The van der Waals surface area contributed by atoms with Crippen molar-refractivity contribution in [3.8, 4) is 0 Å². The summed E-state index contributed by atoms with van der Waals surface area (Å²) in [5.41, 5.74) is 5.17. The van der Waals surface area contributed by atoms with Gasteiger partial charge in [-0.15, -0.1) is 10.2 Å². The summed E-state index contributed by atoms with van der Waals surface area (Å²) in [5, 5.41) is 16.0. The molecule has 0 bridgehead atoms. The molecule has 54 valence electrons. The van der Waals surface area contributed by atoms with Crippen LogP contribution in [0.5, 0.6) is 0 Å². The van der Waals surface area contributed by atoms with Crippen LogP contribution in [0.2, 0.25) is 0 Å². The van der Waals surface area contributed by atoms with E-state index < -0.39 is 0 Å². The molecule has 0 aromatic carbocycles. The van der Waals surface area contributed by atoms with Crippen molar-refractivity contribution in [2.45, 2.75) is 13.3 Å². The van der Waals surface area contributed by atoms with E-state index in [0.717, 1.165) is 11.4 Å². The van der Waals surface area contributed by atoms with Gasteiger partial charge in [-0.3, -0.25) is 5.41 Å². The van der Waals surface area contributed by atoms with Crippen LogP contribution in [-0.4, -0.2) is 16.0 Å². The van der Waals surface area contributed by atoms with Crippen LogP contribution < -0.4 is 5.73 Å². The second-order valence-corrected chi connectivity index (χ2v) is 2.83. The average Bonchev–Trinajstić information content (AvgIpc) is 2.34. The third kappa shape index (κ3) is 1.30. The van der Waals surface area contributed by atoms with Gasteiger partial charge in [0.15, 0.2) is 10.8 Å². The summed E-state index contributed by atoms with van der Waals surface area (Å²) in [5.74, 6) is -0.00259. The van der Waals surface area contributed by atoms with Crippen LogP contribution in [0.4, 0.5) is 0 Å². The first-order valence-electron chi connectivity index (χ1n) is 2.90. The Bertz CT molecular complexity index is 242. The van der Waals surface area contributed by atoms with Gasteiger partial charge < -0.3 is 5.73 Å². The fourth-order valence-corrected chi connectivity index (χ4v) is 1.15. The Morgan fingerprint density at radius 1 is 1.70 bits per heavy atom. The fourth-order valence-electron chi connectivity index (χ4n) is 0.505.